The van der Waals surface area contributed by atoms with Crippen molar-refractivity contribution in [2.75, 3.05) is 12.1 Å². The molecule has 0 aliphatic carbocycles. The van der Waals surface area contributed by atoms with Crippen LogP contribution < -0.4 is 14.5 Å². The Hall–Kier alpha value is -5.61. The van der Waals surface area contributed by atoms with Crippen molar-refractivity contribution in [2.45, 2.75) is 13.2 Å². The Balaban J connectivity index is 1.28. The molecule has 0 spiro atoms. The molecule has 0 fully saturated rings. The first kappa shape index (κ1) is 29.9. The summed E-state index contributed by atoms with van der Waals surface area (Å²) >= 11 is 0. The largest absolute Gasteiger partial charge is 0.489 e. The standard InChI is InChI=1S/C40H36N2O2/c1-42(37-19-11-6-12-20-37)41-30-14-3-2-13-21-40(35-22-26-38(27-23-35)43-31-33-15-7-4-8-16-33)36-24-28-39(29-25-36)44-32-34-17-9-5-10-18-34/h2-30H,31-32H2,1H3. The van der Waals surface area contributed by atoms with Gasteiger partial charge in [0.05, 0.1) is 5.69 Å². The second-order valence-corrected chi connectivity index (χ2v) is 10.1. The van der Waals surface area contributed by atoms with Crippen LogP contribution >= 0.6 is 0 Å². The molecule has 5 aromatic carbocycles. The number of hydrogen-bond donors (Lipinski definition) is 0. The van der Waals surface area contributed by atoms with Crippen molar-refractivity contribution in [2.24, 2.45) is 5.10 Å². The van der Waals surface area contributed by atoms with Crippen LogP contribution in [0.3, 0.4) is 0 Å². The number of nitrogens with zero attached hydrogens (tertiary/aromatic N) is 2. The lowest BCUT2D eigenvalue weighted by atomic mass is 9.97. The topological polar surface area (TPSA) is 34.1 Å². The van der Waals surface area contributed by atoms with E-state index in [1.165, 1.54) is 0 Å². The molecule has 0 bridgehead atoms. The van der Waals surface area contributed by atoms with Crippen molar-refractivity contribution < 1.29 is 9.47 Å². The summed E-state index contributed by atoms with van der Waals surface area (Å²) < 4.78 is 12.0. The van der Waals surface area contributed by atoms with Gasteiger partial charge in [-0.3, -0.25) is 5.01 Å². The van der Waals surface area contributed by atoms with E-state index in [0.29, 0.717) is 13.2 Å². The summed E-state index contributed by atoms with van der Waals surface area (Å²) in [6.07, 6.45) is 11.8. The van der Waals surface area contributed by atoms with Crippen molar-refractivity contribution in [3.63, 3.8) is 0 Å². The van der Waals surface area contributed by atoms with Crippen LogP contribution in [0.4, 0.5) is 5.69 Å². The van der Waals surface area contributed by atoms with E-state index in [9.17, 15) is 0 Å². The average molecular weight is 577 g/mol. The molecule has 0 saturated heterocycles. The monoisotopic (exact) mass is 576 g/mol. The Morgan fingerprint density at radius 1 is 0.545 bits per heavy atom. The summed E-state index contributed by atoms with van der Waals surface area (Å²) in [4.78, 5) is 0. The van der Waals surface area contributed by atoms with Gasteiger partial charge in [0.25, 0.3) is 0 Å². The van der Waals surface area contributed by atoms with Crippen molar-refractivity contribution in [1.29, 1.82) is 0 Å². The molecule has 44 heavy (non-hydrogen) atoms. The molecule has 0 radical (unpaired) electrons. The summed E-state index contributed by atoms with van der Waals surface area (Å²) in [5.41, 5.74) is 6.59. The maximum atomic E-state index is 6.02. The van der Waals surface area contributed by atoms with Gasteiger partial charge in [0.2, 0.25) is 0 Å². The van der Waals surface area contributed by atoms with Gasteiger partial charge in [-0.05, 0) is 70.3 Å². The van der Waals surface area contributed by atoms with Crippen molar-refractivity contribution in [3.8, 4) is 11.5 Å². The molecule has 0 unspecified atom stereocenters. The van der Waals surface area contributed by atoms with Gasteiger partial charge in [0.15, 0.2) is 0 Å². The first-order valence-corrected chi connectivity index (χ1v) is 14.7. The van der Waals surface area contributed by atoms with E-state index >= 15 is 0 Å². The molecule has 0 aromatic heterocycles. The van der Waals surface area contributed by atoms with Crippen LogP contribution in [0.5, 0.6) is 11.5 Å². The highest BCUT2D eigenvalue weighted by Gasteiger charge is 2.07. The fourth-order valence-corrected chi connectivity index (χ4v) is 4.48. The first-order valence-electron chi connectivity index (χ1n) is 14.7. The van der Waals surface area contributed by atoms with Crippen LogP contribution in [0, 0.1) is 0 Å². The second kappa shape index (κ2) is 16.1. The van der Waals surface area contributed by atoms with E-state index in [1.807, 2.05) is 127 Å². The summed E-state index contributed by atoms with van der Waals surface area (Å²) in [5.74, 6) is 1.67. The lowest BCUT2D eigenvalue weighted by Gasteiger charge is -2.12. The molecule has 5 rings (SSSR count). The number of ether oxygens (including phenoxy) is 2. The van der Waals surface area contributed by atoms with E-state index in [1.54, 1.807) is 6.21 Å². The van der Waals surface area contributed by atoms with Crippen LogP contribution in [-0.2, 0) is 13.2 Å². The average Bonchev–Trinajstić information content (AvgIpc) is 3.09. The highest BCUT2D eigenvalue weighted by molar-refractivity contribution is 5.81. The minimum absolute atomic E-state index is 0.535. The summed E-state index contributed by atoms with van der Waals surface area (Å²) in [7, 11) is 1.93. The molecule has 218 valence electrons. The predicted octanol–water partition coefficient (Wildman–Crippen LogP) is 9.51. The van der Waals surface area contributed by atoms with Gasteiger partial charge in [0.1, 0.15) is 24.7 Å². The van der Waals surface area contributed by atoms with E-state index in [0.717, 1.165) is 45.0 Å². The van der Waals surface area contributed by atoms with Crippen LogP contribution in [0.25, 0.3) is 5.57 Å². The fraction of sp³-hybridized carbons (Fsp3) is 0.0750. The van der Waals surface area contributed by atoms with Gasteiger partial charge in [-0.1, -0.05) is 127 Å². The summed E-state index contributed by atoms with van der Waals surface area (Å²) in [6, 6.07) is 46.9. The molecular weight excluding hydrogens is 540 g/mol. The fourth-order valence-electron chi connectivity index (χ4n) is 4.48. The number of rotatable bonds is 13. The second-order valence-electron chi connectivity index (χ2n) is 10.1. The number of hydrazone groups is 1. The van der Waals surface area contributed by atoms with Crippen molar-refractivity contribution >= 4 is 17.5 Å². The maximum absolute atomic E-state index is 6.02. The Morgan fingerprint density at radius 3 is 1.50 bits per heavy atom. The van der Waals surface area contributed by atoms with Gasteiger partial charge in [-0.25, -0.2) is 0 Å². The Labute approximate surface area is 260 Å². The molecule has 4 heteroatoms. The molecule has 0 N–H and O–H groups in total. The number of allylic oxidation sites excluding steroid dienone is 5. The third-order valence-corrected chi connectivity index (χ3v) is 6.88. The van der Waals surface area contributed by atoms with Gasteiger partial charge in [-0.15, -0.1) is 0 Å². The molecule has 0 atom stereocenters. The highest BCUT2D eigenvalue weighted by Crippen LogP contribution is 2.28. The van der Waals surface area contributed by atoms with Gasteiger partial charge in [-0.2, -0.15) is 5.10 Å². The maximum Gasteiger partial charge on any atom is 0.119 e. The molecule has 0 aliphatic heterocycles. The van der Waals surface area contributed by atoms with E-state index < -0.39 is 0 Å². The number of anilines is 1. The normalized spacial score (nSPS) is 11.2. The molecule has 0 heterocycles. The lowest BCUT2D eigenvalue weighted by molar-refractivity contribution is 0.306. The van der Waals surface area contributed by atoms with Crippen LogP contribution in [0.15, 0.2) is 175 Å². The van der Waals surface area contributed by atoms with E-state index in [4.69, 9.17) is 9.47 Å². The number of hydrogen-bond acceptors (Lipinski definition) is 4. The third kappa shape index (κ3) is 9.20. The van der Waals surface area contributed by atoms with Crippen molar-refractivity contribution in [3.05, 3.63) is 192 Å². The number of benzene rings is 5. The molecule has 5 aromatic rings. The molecule has 0 aliphatic rings. The van der Waals surface area contributed by atoms with Gasteiger partial charge >= 0.3 is 0 Å². The zero-order valence-corrected chi connectivity index (χ0v) is 24.9. The predicted molar refractivity (Wildman–Crippen MR) is 183 cm³/mol. The third-order valence-electron chi connectivity index (χ3n) is 6.88. The zero-order valence-electron chi connectivity index (χ0n) is 24.9. The minimum atomic E-state index is 0.535. The van der Waals surface area contributed by atoms with Crippen LogP contribution in [0.1, 0.15) is 22.3 Å². The Kier molecular flexibility index (Phi) is 11.0. The minimum Gasteiger partial charge on any atom is -0.489 e. The number of para-hydroxylation sites is 1. The van der Waals surface area contributed by atoms with Gasteiger partial charge in [0, 0.05) is 13.3 Å². The summed E-state index contributed by atoms with van der Waals surface area (Å²) in [6.45, 7) is 1.07. The van der Waals surface area contributed by atoms with Crippen LogP contribution in [0.2, 0.25) is 0 Å². The van der Waals surface area contributed by atoms with E-state index in [-0.39, 0.29) is 0 Å². The van der Waals surface area contributed by atoms with Gasteiger partial charge < -0.3 is 9.47 Å². The smallest absolute Gasteiger partial charge is 0.119 e. The zero-order chi connectivity index (χ0) is 30.2. The van der Waals surface area contributed by atoms with Crippen LogP contribution in [-0.4, -0.2) is 13.3 Å². The quantitative estimate of drug-likeness (QED) is 0.0795. The molecular formula is C40H36N2O2. The Bertz CT molecular complexity index is 1590. The molecule has 0 amide bonds. The lowest BCUT2D eigenvalue weighted by Crippen LogP contribution is -2.07. The SMILES string of the molecule is CN(N=CC=CC=CC=C(c1ccc(OCc2ccccc2)cc1)c1ccc(OCc2ccccc2)cc1)c1ccccc1. The molecule has 0 saturated carbocycles. The molecule has 4 nitrogen and oxygen atoms in total. The highest BCUT2D eigenvalue weighted by atomic mass is 16.5. The van der Waals surface area contributed by atoms with E-state index in [2.05, 4.69) is 59.7 Å². The Morgan fingerprint density at radius 2 is 1.00 bits per heavy atom. The first-order chi connectivity index (χ1) is 21.7. The van der Waals surface area contributed by atoms with Crippen molar-refractivity contribution in [1.82, 2.24) is 0 Å². The summed E-state index contributed by atoms with van der Waals surface area (Å²) in [5, 5.41) is 6.30.